The number of carbonyl (C=O) groups excluding carboxylic acids is 1. The van der Waals surface area contributed by atoms with Crippen LogP contribution in [0.3, 0.4) is 0 Å². The van der Waals surface area contributed by atoms with E-state index in [0.29, 0.717) is 24.9 Å². The van der Waals surface area contributed by atoms with Gasteiger partial charge in [-0.15, -0.1) is 12.4 Å². The number of benzene rings is 1. The lowest BCUT2D eigenvalue weighted by atomic mass is 9.85. The van der Waals surface area contributed by atoms with Crippen molar-refractivity contribution in [3.05, 3.63) is 29.8 Å². The number of carbonyl (C=O) groups is 1. The zero-order valence-electron chi connectivity index (χ0n) is 15.7. The number of rotatable bonds is 8. The van der Waals surface area contributed by atoms with Gasteiger partial charge in [-0.25, -0.2) is 0 Å². The maximum atomic E-state index is 12.5. The number of hydrogen-bond donors (Lipinski definition) is 2. The Labute approximate surface area is 158 Å². The molecule has 2 rings (SSSR count). The largest absolute Gasteiger partial charge is 0.494 e. The molecule has 1 fully saturated rings. The lowest BCUT2D eigenvalue weighted by Crippen LogP contribution is -2.36. The second-order valence-corrected chi connectivity index (χ2v) is 6.79. The Morgan fingerprint density at radius 2 is 2.12 bits per heavy atom. The molecule has 0 aromatic heterocycles. The van der Waals surface area contributed by atoms with Crippen LogP contribution in [0.15, 0.2) is 24.3 Å². The summed E-state index contributed by atoms with van der Waals surface area (Å²) in [5, 5.41) is 6.65. The average Bonchev–Trinajstić information content (AvgIpc) is 2.61. The summed E-state index contributed by atoms with van der Waals surface area (Å²) in [7, 11) is 0. The highest BCUT2D eigenvalue weighted by Crippen LogP contribution is 2.28. The van der Waals surface area contributed by atoms with Crippen LogP contribution in [0, 0.1) is 11.8 Å². The molecule has 5 heteroatoms. The third-order valence-electron chi connectivity index (χ3n) is 4.98. The Kier molecular flexibility index (Phi) is 9.91. The van der Waals surface area contributed by atoms with E-state index in [0.717, 1.165) is 30.8 Å². The second kappa shape index (κ2) is 11.4. The highest BCUT2D eigenvalue weighted by Gasteiger charge is 2.23. The maximum Gasteiger partial charge on any atom is 0.220 e. The van der Waals surface area contributed by atoms with Crippen molar-refractivity contribution in [3.8, 4) is 5.75 Å². The molecule has 0 saturated carbocycles. The van der Waals surface area contributed by atoms with Crippen LogP contribution < -0.4 is 15.4 Å². The van der Waals surface area contributed by atoms with Crippen molar-refractivity contribution in [2.75, 3.05) is 19.7 Å². The van der Waals surface area contributed by atoms with Crippen molar-refractivity contribution >= 4 is 18.3 Å². The SMILES string of the molecule is CCOc1ccccc1C(CC)NC(=O)CC(C)C1CCCNC1.Cl. The van der Waals surface area contributed by atoms with E-state index in [9.17, 15) is 4.79 Å². The van der Waals surface area contributed by atoms with E-state index in [1.54, 1.807) is 0 Å². The van der Waals surface area contributed by atoms with Gasteiger partial charge in [0.2, 0.25) is 5.91 Å². The molecule has 1 aliphatic heterocycles. The molecule has 3 unspecified atom stereocenters. The van der Waals surface area contributed by atoms with E-state index in [1.165, 1.54) is 12.8 Å². The summed E-state index contributed by atoms with van der Waals surface area (Å²) in [6, 6.07) is 8.01. The minimum Gasteiger partial charge on any atom is -0.494 e. The molecule has 1 aromatic rings. The lowest BCUT2D eigenvalue weighted by Gasteiger charge is -2.28. The number of hydrogen-bond acceptors (Lipinski definition) is 3. The minimum atomic E-state index is 0. The van der Waals surface area contributed by atoms with Crippen LogP contribution in [0.2, 0.25) is 0 Å². The zero-order valence-corrected chi connectivity index (χ0v) is 16.5. The Morgan fingerprint density at radius 3 is 2.76 bits per heavy atom. The van der Waals surface area contributed by atoms with Gasteiger partial charge < -0.3 is 15.4 Å². The number of para-hydroxylation sites is 1. The lowest BCUT2D eigenvalue weighted by molar-refractivity contribution is -0.123. The van der Waals surface area contributed by atoms with E-state index < -0.39 is 0 Å². The molecule has 3 atom stereocenters. The maximum absolute atomic E-state index is 12.5. The Morgan fingerprint density at radius 1 is 1.36 bits per heavy atom. The summed E-state index contributed by atoms with van der Waals surface area (Å²) in [6.07, 6.45) is 3.90. The monoisotopic (exact) mass is 368 g/mol. The third kappa shape index (κ3) is 6.52. The molecule has 25 heavy (non-hydrogen) atoms. The number of nitrogens with one attached hydrogen (secondary N) is 2. The van der Waals surface area contributed by atoms with Gasteiger partial charge in [-0.2, -0.15) is 0 Å². The van der Waals surface area contributed by atoms with Crippen molar-refractivity contribution in [1.82, 2.24) is 10.6 Å². The highest BCUT2D eigenvalue weighted by molar-refractivity contribution is 5.85. The van der Waals surface area contributed by atoms with Crippen LogP contribution in [0.25, 0.3) is 0 Å². The Balaban J connectivity index is 0.00000312. The van der Waals surface area contributed by atoms with Crippen molar-refractivity contribution in [1.29, 1.82) is 0 Å². The zero-order chi connectivity index (χ0) is 17.4. The van der Waals surface area contributed by atoms with Gasteiger partial charge in [-0.05, 0) is 57.2 Å². The first-order chi connectivity index (χ1) is 11.7. The van der Waals surface area contributed by atoms with Crippen molar-refractivity contribution in [3.63, 3.8) is 0 Å². The topological polar surface area (TPSA) is 50.4 Å². The molecule has 0 radical (unpaired) electrons. The Bertz CT molecular complexity index is 518. The number of ether oxygens (including phenoxy) is 1. The standard InChI is InChI=1S/C20H32N2O2.ClH/c1-4-18(17-10-6-7-11-19(17)24-5-2)22-20(23)13-15(3)16-9-8-12-21-14-16;/h6-7,10-11,15-16,18,21H,4-5,8-9,12-14H2,1-3H3,(H,22,23);1H. The van der Waals surface area contributed by atoms with E-state index in [1.807, 2.05) is 31.2 Å². The minimum absolute atomic E-state index is 0. The quantitative estimate of drug-likeness (QED) is 0.726. The molecule has 1 aliphatic rings. The molecule has 1 saturated heterocycles. The number of halogens is 1. The normalized spacial score (nSPS) is 19.4. The van der Waals surface area contributed by atoms with Gasteiger partial charge in [0.25, 0.3) is 0 Å². The molecule has 1 heterocycles. The first-order valence-corrected chi connectivity index (χ1v) is 9.37. The molecule has 2 N–H and O–H groups in total. The smallest absolute Gasteiger partial charge is 0.220 e. The van der Waals surface area contributed by atoms with Crippen LogP contribution in [0.1, 0.15) is 58.1 Å². The van der Waals surface area contributed by atoms with Gasteiger partial charge in [-0.1, -0.05) is 32.0 Å². The Hall–Kier alpha value is -1.26. The summed E-state index contributed by atoms with van der Waals surface area (Å²) in [5.41, 5.74) is 1.07. The van der Waals surface area contributed by atoms with Gasteiger partial charge in [0, 0.05) is 12.0 Å². The first-order valence-electron chi connectivity index (χ1n) is 9.37. The predicted octanol–water partition coefficient (Wildman–Crippen LogP) is 4.10. The van der Waals surface area contributed by atoms with Crippen LogP contribution in [0.4, 0.5) is 0 Å². The van der Waals surface area contributed by atoms with E-state index in [4.69, 9.17) is 4.74 Å². The average molecular weight is 369 g/mol. The molecule has 142 valence electrons. The third-order valence-corrected chi connectivity index (χ3v) is 4.98. The van der Waals surface area contributed by atoms with Gasteiger partial charge in [0.05, 0.1) is 12.6 Å². The molecular formula is C20H33ClN2O2. The summed E-state index contributed by atoms with van der Waals surface area (Å²) < 4.78 is 5.72. The fourth-order valence-corrected chi connectivity index (χ4v) is 3.53. The predicted molar refractivity (Wildman–Crippen MR) is 105 cm³/mol. The number of piperidine rings is 1. The van der Waals surface area contributed by atoms with Crippen LogP contribution in [0.5, 0.6) is 5.75 Å². The fourth-order valence-electron chi connectivity index (χ4n) is 3.53. The van der Waals surface area contributed by atoms with E-state index in [2.05, 4.69) is 24.5 Å². The number of amides is 1. The summed E-state index contributed by atoms with van der Waals surface area (Å²) in [6.45, 7) is 9.07. The van der Waals surface area contributed by atoms with Gasteiger partial charge in [-0.3, -0.25) is 4.79 Å². The summed E-state index contributed by atoms with van der Waals surface area (Å²) in [4.78, 5) is 12.5. The van der Waals surface area contributed by atoms with E-state index >= 15 is 0 Å². The van der Waals surface area contributed by atoms with Crippen LogP contribution >= 0.6 is 12.4 Å². The fraction of sp³-hybridized carbons (Fsp3) is 0.650. The van der Waals surface area contributed by atoms with Crippen molar-refractivity contribution in [2.45, 2.75) is 52.5 Å². The first kappa shape index (κ1) is 21.8. The molecule has 0 bridgehead atoms. The molecule has 0 aliphatic carbocycles. The molecule has 4 nitrogen and oxygen atoms in total. The van der Waals surface area contributed by atoms with E-state index in [-0.39, 0.29) is 24.4 Å². The van der Waals surface area contributed by atoms with Gasteiger partial charge in [0.1, 0.15) is 5.75 Å². The van der Waals surface area contributed by atoms with Crippen LogP contribution in [-0.4, -0.2) is 25.6 Å². The molecule has 1 amide bonds. The van der Waals surface area contributed by atoms with Crippen LogP contribution in [-0.2, 0) is 4.79 Å². The molecular weight excluding hydrogens is 336 g/mol. The highest BCUT2D eigenvalue weighted by atomic mass is 35.5. The molecule has 0 spiro atoms. The summed E-state index contributed by atoms with van der Waals surface area (Å²) >= 11 is 0. The summed E-state index contributed by atoms with van der Waals surface area (Å²) in [5.74, 6) is 2.04. The molecule has 1 aromatic carbocycles. The van der Waals surface area contributed by atoms with Gasteiger partial charge >= 0.3 is 0 Å². The second-order valence-electron chi connectivity index (χ2n) is 6.79. The van der Waals surface area contributed by atoms with Crippen molar-refractivity contribution in [2.24, 2.45) is 11.8 Å². The van der Waals surface area contributed by atoms with Gasteiger partial charge in [0.15, 0.2) is 0 Å². The van der Waals surface area contributed by atoms with Crippen molar-refractivity contribution < 1.29 is 9.53 Å².